The van der Waals surface area contributed by atoms with Crippen molar-refractivity contribution < 1.29 is 12.8 Å². The molecule has 0 unspecified atom stereocenters. The molecule has 2 heterocycles. The summed E-state index contributed by atoms with van der Waals surface area (Å²) in [6.45, 7) is 11.0. The number of sulfone groups is 1. The number of hydrogen-bond acceptors (Lipinski definition) is 5. The van der Waals surface area contributed by atoms with Gasteiger partial charge in [0.1, 0.15) is 5.76 Å². The van der Waals surface area contributed by atoms with Gasteiger partial charge in [0.05, 0.1) is 23.2 Å². The minimum atomic E-state index is -3.07. The lowest BCUT2D eigenvalue weighted by Crippen LogP contribution is -2.57. The molecule has 1 fully saturated rings. The Morgan fingerprint density at radius 1 is 1.44 bits per heavy atom. The fraction of sp³-hybridized carbons (Fsp3) is 0.750. The molecule has 7 nitrogen and oxygen atoms in total. The molecule has 0 aliphatic carbocycles. The molecule has 0 saturated carbocycles. The second kappa shape index (κ2) is 7.81. The van der Waals surface area contributed by atoms with Crippen molar-refractivity contribution in [1.82, 2.24) is 15.2 Å². The Morgan fingerprint density at radius 2 is 2.08 bits per heavy atom. The molecule has 2 rings (SSSR count). The molecule has 1 aromatic heterocycles. The fourth-order valence-corrected chi connectivity index (χ4v) is 3.92. The predicted octanol–water partition coefficient (Wildman–Crippen LogP) is 2.17. The van der Waals surface area contributed by atoms with Gasteiger partial charge in [-0.1, -0.05) is 20.8 Å². The van der Waals surface area contributed by atoms with Gasteiger partial charge in [0.15, 0.2) is 15.8 Å². The van der Waals surface area contributed by atoms with Crippen molar-refractivity contribution in [2.75, 3.05) is 25.9 Å². The first-order valence-electron chi connectivity index (χ1n) is 8.09. The molecule has 0 amide bonds. The van der Waals surface area contributed by atoms with Crippen LogP contribution in [0.1, 0.15) is 46.3 Å². The molecule has 1 aromatic rings. The summed E-state index contributed by atoms with van der Waals surface area (Å²) in [6, 6.07) is 0. The number of rotatable bonds is 2. The number of oxazole rings is 1. The summed E-state index contributed by atoms with van der Waals surface area (Å²) < 4.78 is 29.2. The van der Waals surface area contributed by atoms with Crippen molar-refractivity contribution in [3.63, 3.8) is 0 Å². The minimum Gasteiger partial charge on any atom is -0.443 e. The quantitative estimate of drug-likeness (QED) is 0.394. The van der Waals surface area contributed by atoms with Gasteiger partial charge in [-0.3, -0.25) is 4.99 Å². The zero-order chi connectivity index (χ0) is 18.2. The number of hydrogen-bond donors (Lipinski definition) is 1. The van der Waals surface area contributed by atoms with Crippen LogP contribution in [0.25, 0.3) is 0 Å². The lowest BCUT2D eigenvalue weighted by atomic mass is 9.94. The van der Waals surface area contributed by atoms with Gasteiger partial charge in [0.25, 0.3) is 0 Å². The van der Waals surface area contributed by atoms with E-state index in [1.165, 1.54) is 0 Å². The molecule has 0 atom stereocenters. The summed E-state index contributed by atoms with van der Waals surface area (Å²) in [5.41, 5.74) is -0.0851. The van der Waals surface area contributed by atoms with E-state index in [9.17, 15) is 8.42 Å². The first-order valence-corrected chi connectivity index (χ1v) is 9.74. The average Bonchev–Trinajstić information content (AvgIpc) is 2.92. The fourth-order valence-electron chi connectivity index (χ4n) is 2.55. The highest BCUT2D eigenvalue weighted by molar-refractivity contribution is 14.0. The molecule has 9 heteroatoms. The summed E-state index contributed by atoms with van der Waals surface area (Å²) in [4.78, 5) is 10.5. The first kappa shape index (κ1) is 22.2. The second-order valence-electron chi connectivity index (χ2n) is 7.77. The molecule has 1 aliphatic rings. The van der Waals surface area contributed by atoms with E-state index < -0.39 is 14.6 Å². The molecule has 1 N–H and O–H groups in total. The molecule has 0 radical (unpaired) electrons. The van der Waals surface area contributed by atoms with Crippen molar-refractivity contribution in [2.45, 2.75) is 51.3 Å². The third-order valence-electron chi connectivity index (χ3n) is 4.25. The van der Waals surface area contributed by atoms with Crippen LogP contribution in [0.3, 0.4) is 0 Å². The third-order valence-corrected chi connectivity index (χ3v) is 6.78. The smallest absolute Gasteiger partial charge is 0.213 e. The van der Waals surface area contributed by atoms with E-state index in [4.69, 9.17) is 4.42 Å². The van der Waals surface area contributed by atoms with Crippen LogP contribution in [-0.4, -0.2) is 54.9 Å². The van der Waals surface area contributed by atoms with E-state index in [1.807, 2.05) is 4.90 Å². The largest absolute Gasteiger partial charge is 0.443 e. The second-order valence-corrected chi connectivity index (χ2v) is 10.5. The highest BCUT2D eigenvalue weighted by atomic mass is 127. The van der Waals surface area contributed by atoms with E-state index in [0.29, 0.717) is 31.5 Å². The van der Waals surface area contributed by atoms with Crippen LogP contribution in [0.15, 0.2) is 15.6 Å². The molecule has 0 bridgehead atoms. The van der Waals surface area contributed by atoms with Crippen molar-refractivity contribution >= 4 is 39.8 Å². The van der Waals surface area contributed by atoms with Gasteiger partial charge in [-0.05, 0) is 13.8 Å². The van der Waals surface area contributed by atoms with E-state index in [-0.39, 0.29) is 35.1 Å². The third kappa shape index (κ3) is 5.08. The summed E-state index contributed by atoms with van der Waals surface area (Å²) in [6.07, 6.45) is 1.75. The molecule has 1 saturated heterocycles. The van der Waals surface area contributed by atoms with E-state index in [2.05, 4.69) is 36.1 Å². The van der Waals surface area contributed by atoms with Crippen molar-refractivity contribution in [1.29, 1.82) is 0 Å². The Labute approximate surface area is 167 Å². The van der Waals surface area contributed by atoms with Crippen LogP contribution < -0.4 is 5.32 Å². The Kier molecular flexibility index (Phi) is 6.94. The highest BCUT2D eigenvalue weighted by Gasteiger charge is 2.41. The molecule has 144 valence electrons. The number of guanidine groups is 1. The van der Waals surface area contributed by atoms with Gasteiger partial charge >= 0.3 is 0 Å². The lowest BCUT2D eigenvalue weighted by molar-refractivity contribution is 0.346. The molecular weight excluding hydrogens is 455 g/mol. The Morgan fingerprint density at radius 3 is 2.56 bits per heavy atom. The predicted molar refractivity (Wildman–Crippen MR) is 110 cm³/mol. The highest BCUT2D eigenvalue weighted by Crippen LogP contribution is 2.24. The van der Waals surface area contributed by atoms with Crippen molar-refractivity contribution in [3.05, 3.63) is 17.8 Å². The van der Waals surface area contributed by atoms with Crippen LogP contribution in [-0.2, 0) is 21.8 Å². The van der Waals surface area contributed by atoms with Gasteiger partial charge in [-0.15, -0.1) is 24.0 Å². The van der Waals surface area contributed by atoms with Crippen LogP contribution in [0.5, 0.6) is 0 Å². The zero-order valence-corrected chi connectivity index (χ0v) is 18.9. The van der Waals surface area contributed by atoms with E-state index >= 15 is 0 Å². The topological polar surface area (TPSA) is 87.8 Å². The molecule has 0 aromatic carbocycles. The van der Waals surface area contributed by atoms with Gasteiger partial charge in [0.2, 0.25) is 5.89 Å². The maximum atomic E-state index is 12.1. The molecule has 0 spiro atoms. The zero-order valence-electron chi connectivity index (χ0n) is 15.8. The van der Waals surface area contributed by atoms with Gasteiger partial charge in [-0.2, -0.15) is 0 Å². The Balaban J connectivity index is 0.00000312. The van der Waals surface area contributed by atoms with Gasteiger partial charge < -0.3 is 14.6 Å². The molecular formula is C16H29IN4O3S. The summed E-state index contributed by atoms with van der Waals surface area (Å²) in [5.74, 6) is 2.21. The SMILES string of the molecule is CN=C(NCc1ncc(C(C)(C)C)o1)N1CCS(=O)(=O)C(C)(C)C1.I. The van der Waals surface area contributed by atoms with Crippen LogP contribution in [0, 0.1) is 0 Å². The number of aromatic nitrogens is 1. The van der Waals surface area contributed by atoms with Crippen molar-refractivity contribution in [2.24, 2.45) is 4.99 Å². The average molecular weight is 484 g/mol. The van der Waals surface area contributed by atoms with Gasteiger partial charge in [0, 0.05) is 25.6 Å². The molecule has 25 heavy (non-hydrogen) atoms. The standard InChI is InChI=1S/C16H28N4O3S.HI/c1-15(2,3)12-9-18-13(23-12)10-19-14(17-6)20-7-8-24(21,22)16(4,5)11-20;/h9H,7-8,10-11H2,1-6H3,(H,17,19);1H. The van der Waals surface area contributed by atoms with Crippen LogP contribution in [0.4, 0.5) is 0 Å². The first-order chi connectivity index (χ1) is 11.0. The number of halogens is 1. The summed E-state index contributed by atoms with van der Waals surface area (Å²) >= 11 is 0. The number of nitrogens with one attached hydrogen (secondary N) is 1. The normalized spacial score (nSPS) is 20.1. The summed E-state index contributed by atoms with van der Waals surface area (Å²) in [7, 11) is -1.38. The molecule has 1 aliphatic heterocycles. The van der Waals surface area contributed by atoms with E-state index in [1.54, 1.807) is 27.1 Å². The van der Waals surface area contributed by atoms with Crippen LogP contribution in [0.2, 0.25) is 0 Å². The maximum absolute atomic E-state index is 12.1. The lowest BCUT2D eigenvalue weighted by Gasteiger charge is -2.39. The van der Waals surface area contributed by atoms with Crippen molar-refractivity contribution in [3.8, 4) is 0 Å². The Bertz CT molecular complexity index is 720. The number of aliphatic imine (C=N–C) groups is 1. The van der Waals surface area contributed by atoms with Crippen LogP contribution >= 0.6 is 24.0 Å². The maximum Gasteiger partial charge on any atom is 0.213 e. The Hall–Kier alpha value is -0.840. The monoisotopic (exact) mass is 484 g/mol. The summed E-state index contributed by atoms with van der Waals surface area (Å²) in [5, 5.41) is 3.21. The minimum absolute atomic E-state index is 0. The number of nitrogens with zero attached hydrogens (tertiary/aromatic N) is 3. The van der Waals surface area contributed by atoms with E-state index in [0.717, 1.165) is 5.76 Å². The van der Waals surface area contributed by atoms with Gasteiger partial charge in [-0.25, -0.2) is 13.4 Å².